The van der Waals surface area contributed by atoms with Gasteiger partial charge < -0.3 is 5.32 Å². The Kier molecular flexibility index (Phi) is 4.69. The number of hydrogen-bond acceptors (Lipinski definition) is 1. The van der Waals surface area contributed by atoms with Gasteiger partial charge in [0.25, 0.3) is 0 Å². The zero-order valence-electron chi connectivity index (χ0n) is 9.51. The van der Waals surface area contributed by atoms with Crippen molar-refractivity contribution in [3.63, 3.8) is 0 Å². The van der Waals surface area contributed by atoms with Crippen LogP contribution in [0.1, 0.15) is 38.5 Å². The third-order valence-electron chi connectivity index (χ3n) is 2.96. The predicted molar refractivity (Wildman–Crippen MR) is 78.6 cm³/mol. The highest BCUT2D eigenvalue weighted by Gasteiger charge is 2.04. The molecule has 86 valence electrons. The molecule has 0 unspecified atom stereocenters. The maximum absolute atomic E-state index is 3.57. The molecule has 1 nitrogen and oxygen atoms in total. The summed E-state index contributed by atoms with van der Waals surface area (Å²) >= 11 is 2.38. The Labute approximate surface area is 111 Å². The summed E-state index contributed by atoms with van der Waals surface area (Å²) in [6.07, 6.45) is 10.2. The summed E-state index contributed by atoms with van der Waals surface area (Å²) in [6.45, 7) is 0. The van der Waals surface area contributed by atoms with Crippen LogP contribution in [0.5, 0.6) is 0 Å². The molecule has 0 aromatic heterocycles. The van der Waals surface area contributed by atoms with Gasteiger partial charge in [-0.15, -0.1) is 0 Å². The SMILES string of the molecule is Ic1ccccc1NC1=CCCCCCC1. The molecule has 1 aromatic carbocycles. The molecular formula is C14H18IN. The molecule has 0 amide bonds. The van der Waals surface area contributed by atoms with E-state index >= 15 is 0 Å². The van der Waals surface area contributed by atoms with Crippen molar-refractivity contribution in [2.45, 2.75) is 38.5 Å². The van der Waals surface area contributed by atoms with Crippen molar-refractivity contribution in [2.75, 3.05) is 5.32 Å². The third-order valence-corrected chi connectivity index (χ3v) is 3.90. The van der Waals surface area contributed by atoms with Gasteiger partial charge in [0.05, 0.1) is 5.69 Å². The molecule has 1 aliphatic rings. The van der Waals surface area contributed by atoms with Crippen LogP contribution < -0.4 is 5.32 Å². The van der Waals surface area contributed by atoms with Gasteiger partial charge in [-0.2, -0.15) is 0 Å². The lowest BCUT2D eigenvalue weighted by molar-refractivity contribution is 0.626. The smallest absolute Gasteiger partial charge is 0.0517 e. The monoisotopic (exact) mass is 327 g/mol. The van der Waals surface area contributed by atoms with E-state index < -0.39 is 0 Å². The van der Waals surface area contributed by atoms with Gasteiger partial charge in [-0.3, -0.25) is 0 Å². The number of nitrogens with one attached hydrogen (secondary N) is 1. The molecule has 0 saturated carbocycles. The molecule has 1 aromatic rings. The van der Waals surface area contributed by atoms with Crippen LogP contribution in [0.25, 0.3) is 0 Å². The number of benzene rings is 1. The molecule has 2 rings (SSSR count). The van der Waals surface area contributed by atoms with E-state index in [1.165, 1.54) is 53.5 Å². The fourth-order valence-corrected chi connectivity index (χ4v) is 2.56. The molecule has 0 atom stereocenters. The van der Waals surface area contributed by atoms with Crippen molar-refractivity contribution < 1.29 is 0 Å². The lowest BCUT2D eigenvalue weighted by Crippen LogP contribution is -2.02. The van der Waals surface area contributed by atoms with E-state index in [1.54, 1.807) is 0 Å². The van der Waals surface area contributed by atoms with E-state index in [0.717, 1.165) is 0 Å². The van der Waals surface area contributed by atoms with E-state index in [-0.39, 0.29) is 0 Å². The van der Waals surface area contributed by atoms with Gasteiger partial charge in [0, 0.05) is 9.27 Å². The first-order chi connectivity index (χ1) is 7.86. The average Bonchev–Trinajstić information content (AvgIpc) is 2.24. The third kappa shape index (κ3) is 3.51. The zero-order valence-corrected chi connectivity index (χ0v) is 11.7. The Balaban J connectivity index is 2.05. The molecule has 0 fully saturated rings. The minimum Gasteiger partial charge on any atom is -0.358 e. The van der Waals surface area contributed by atoms with Gasteiger partial charge in [0.1, 0.15) is 0 Å². The molecule has 16 heavy (non-hydrogen) atoms. The van der Waals surface area contributed by atoms with Crippen LogP contribution >= 0.6 is 22.6 Å². The number of hydrogen-bond donors (Lipinski definition) is 1. The second kappa shape index (κ2) is 6.28. The van der Waals surface area contributed by atoms with Crippen molar-refractivity contribution in [3.05, 3.63) is 39.6 Å². The molecule has 1 aliphatic carbocycles. The van der Waals surface area contributed by atoms with Crippen LogP contribution in [0.4, 0.5) is 5.69 Å². The van der Waals surface area contributed by atoms with E-state index in [1.807, 2.05) is 0 Å². The Bertz CT molecular complexity index is 371. The van der Waals surface area contributed by atoms with Crippen molar-refractivity contribution >= 4 is 28.3 Å². The number of para-hydroxylation sites is 1. The molecule has 0 spiro atoms. The molecule has 0 bridgehead atoms. The first-order valence-electron chi connectivity index (χ1n) is 6.07. The standard InChI is InChI=1S/C14H18IN/c15-13-10-6-7-11-14(13)16-12-8-4-2-1-3-5-9-12/h6-8,10-11,16H,1-5,9H2. The average molecular weight is 327 g/mol. The van der Waals surface area contributed by atoms with Crippen LogP contribution in [0.2, 0.25) is 0 Å². The summed E-state index contributed by atoms with van der Waals surface area (Å²) in [6, 6.07) is 8.47. The van der Waals surface area contributed by atoms with Gasteiger partial charge in [-0.25, -0.2) is 0 Å². The molecule has 1 N–H and O–H groups in total. The minimum atomic E-state index is 1.20. The summed E-state index contributed by atoms with van der Waals surface area (Å²) in [5.41, 5.74) is 2.65. The van der Waals surface area contributed by atoms with Crippen molar-refractivity contribution in [1.29, 1.82) is 0 Å². The maximum atomic E-state index is 3.57. The first kappa shape index (κ1) is 12.0. The van der Waals surface area contributed by atoms with E-state index in [4.69, 9.17) is 0 Å². The van der Waals surface area contributed by atoms with Gasteiger partial charge in [0.2, 0.25) is 0 Å². The van der Waals surface area contributed by atoms with Crippen molar-refractivity contribution in [1.82, 2.24) is 0 Å². The summed E-state index contributed by atoms with van der Waals surface area (Å²) in [5, 5.41) is 3.57. The van der Waals surface area contributed by atoms with E-state index in [0.29, 0.717) is 0 Å². The summed E-state index contributed by atoms with van der Waals surface area (Å²) < 4.78 is 1.29. The highest BCUT2D eigenvalue weighted by molar-refractivity contribution is 14.1. The van der Waals surface area contributed by atoms with Gasteiger partial charge in [-0.05, 0) is 60.4 Å². The quantitative estimate of drug-likeness (QED) is 0.759. The summed E-state index contributed by atoms with van der Waals surface area (Å²) in [7, 11) is 0. The second-order valence-electron chi connectivity index (χ2n) is 4.29. The van der Waals surface area contributed by atoms with Crippen LogP contribution in [-0.4, -0.2) is 0 Å². The normalized spacial score (nSPS) is 17.2. The summed E-state index contributed by atoms with van der Waals surface area (Å²) in [4.78, 5) is 0. The molecule has 0 saturated heterocycles. The number of rotatable bonds is 2. The van der Waals surface area contributed by atoms with Crippen LogP contribution in [0, 0.1) is 3.57 Å². The fraction of sp³-hybridized carbons (Fsp3) is 0.429. The molecule has 0 aliphatic heterocycles. The molecular weight excluding hydrogens is 309 g/mol. The molecule has 0 radical (unpaired) electrons. The van der Waals surface area contributed by atoms with Gasteiger partial charge in [-0.1, -0.05) is 31.1 Å². The fourth-order valence-electron chi connectivity index (χ4n) is 2.04. The number of allylic oxidation sites excluding steroid dienone is 2. The van der Waals surface area contributed by atoms with Crippen molar-refractivity contribution in [2.24, 2.45) is 0 Å². The Morgan fingerprint density at radius 3 is 2.69 bits per heavy atom. The van der Waals surface area contributed by atoms with E-state index in [9.17, 15) is 0 Å². The Hall–Kier alpha value is -0.510. The molecule has 2 heteroatoms. The Morgan fingerprint density at radius 1 is 1.00 bits per heavy atom. The van der Waals surface area contributed by atoms with Gasteiger partial charge in [0.15, 0.2) is 0 Å². The van der Waals surface area contributed by atoms with E-state index in [2.05, 4.69) is 58.2 Å². The maximum Gasteiger partial charge on any atom is 0.0517 e. The highest BCUT2D eigenvalue weighted by atomic mass is 127. The summed E-state index contributed by atoms with van der Waals surface area (Å²) in [5.74, 6) is 0. The number of anilines is 1. The van der Waals surface area contributed by atoms with Crippen molar-refractivity contribution in [3.8, 4) is 0 Å². The second-order valence-corrected chi connectivity index (χ2v) is 5.45. The van der Waals surface area contributed by atoms with Crippen LogP contribution in [0.15, 0.2) is 36.0 Å². The zero-order chi connectivity index (χ0) is 11.2. The Morgan fingerprint density at radius 2 is 1.81 bits per heavy atom. The van der Waals surface area contributed by atoms with Gasteiger partial charge >= 0.3 is 0 Å². The highest BCUT2D eigenvalue weighted by Crippen LogP contribution is 2.22. The van der Waals surface area contributed by atoms with Crippen LogP contribution in [-0.2, 0) is 0 Å². The lowest BCUT2D eigenvalue weighted by atomic mass is 10.0. The predicted octanol–water partition coefficient (Wildman–Crippen LogP) is 4.94. The molecule has 0 heterocycles. The number of halogens is 1. The first-order valence-corrected chi connectivity index (χ1v) is 7.15. The lowest BCUT2D eigenvalue weighted by Gasteiger charge is -2.14. The topological polar surface area (TPSA) is 12.0 Å². The minimum absolute atomic E-state index is 1.20. The van der Waals surface area contributed by atoms with Crippen LogP contribution in [0.3, 0.4) is 0 Å². The largest absolute Gasteiger partial charge is 0.358 e.